The van der Waals surface area contributed by atoms with Gasteiger partial charge in [-0.25, -0.2) is 0 Å². The van der Waals surface area contributed by atoms with Crippen LogP contribution >= 0.6 is 27.3 Å². The topological polar surface area (TPSA) is 28.7 Å². The van der Waals surface area contributed by atoms with Gasteiger partial charge in [-0.1, -0.05) is 22.0 Å². The van der Waals surface area contributed by atoms with Crippen LogP contribution in [-0.4, -0.2) is 10.2 Å². The van der Waals surface area contributed by atoms with Gasteiger partial charge in [-0.3, -0.25) is 5.10 Å². The summed E-state index contributed by atoms with van der Waals surface area (Å²) in [6.07, 6.45) is 0. The van der Waals surface area contributed by atoms with Crippen molar-refractivity contribution in [1.29, 1.82) is 0 Å². The Balaban J connectivity index is 2.32. The minimum absolute atomic E-state index is 1.03. The van der Waals surface area contributed by atoms with Crippen LogP contribution in [0.3, 0.4) is 0 Å². The summed E-state index contributed by atoms with van der Waals surface area (Å²) in [7, 11) is 0. The summed E-state index contributed by atoms with van der Waals surface area (Å²) in [6.45, 7) is 0. The van der Waals surface area contributed by atoms with E-state index in [0.717, 1.165) is 21.1 Å². The number of halogens is 1. The van der Waals surface area contributed by atoms with E-state index in [2.05, 4.69) is 43.6 Å². The highest BCUT2D eigenvalue weighted by Gasteiger charge is 2.08. The van der Waals surface area contributed by atoms with Gasteiger partial charge in [-0.15, -0.1) is 11.3 Å². The molecule has 0 amide bonds. The van der Waals surface area contributed by atoms with Gasteiger partial charge in [0.15, 0.2) is 0 Å². The van der Waals surface area contributed by atoms with Crippen LogP contribution in [0.1, 0.15) is 0 Å². The van der Waals surface area contributed by atoms with Gasteiger partial charge < -0.3 is 0 Å². The summed E-state index contributed by atoms with van der Waals surface area (Å²) in [5, 5.41) is 10.6. The van der Waals surface area contributed by atoms with Gasteiger partial charge in [-0.05, 0) is 29.6 Å². The van der Waals surface area contributed by atoms with Crippen molar-refractivity contribution >= 4 is 38.2 Å². The fourth-order valence-corrected chi connectivity index (χ4v) is 2.68. The quantitative estimate of drug-likeness (QED) is 0.715. The molecule has 15 heavy (non-hydrogen) atoms. The lowest BCUT2D eigenvalue weighted by Gasteiger charge is -1.93. The summed E-state index contributed by atoms with van der Waals surface area (Å²) < 4.78 is 1.08. The molecular weight excluding hydrogens is 272 g/mol. The largest absolute Gasteiger partial charge is 0.277 e. The molecule has 0 bridgehead atoms. The molecule has 1 N–H and O–H groups in total. The molecule has 74 valence electrons. The monoisotopic (exact) mass is 278 g/mol. The number of rotatable bonds is 1. The molecule has 0 aliphatic heterocycles. The van der Waals surface area contributed by atoms with Gasteiger partial charge >= 0.3 is 0 Å². The fourth-order valence-electron chi connectivity index (χ4n) is 1.59. The zero-order valence-corrected chi connectivity index (χ0v) is 10.1. The van der Waals surface area contributed by atoms with E-state index in [0.29, 0.717) is 0 Å². The molecule has 0 spiro atoms. The fraction of sp³-hybridized carbons (Fsp3) is 0. The molecule has 3 rings (SSSR count). The molecule has 2 nitrogen and oxygen atoms in total. The maximum atomic E-state index is 4.34. The molecular formula is C11H7BrN2S. The second-order valence-corrected chi connectivity index (χ2v) is 5.10. The maximum absolute atomic E-state index is 4.34. The highest BCUT2D eigenvalue weighted by atomic mass is 79.9. The Morgan fingerprint density at radius 1 is 1.27 bits per heavy atom. The first-order valence-corrected chi connectivity index (χ1v) is 6.19. The highest BCUT2D eigenvalue weighted by molar-refractivity contribution is 9.10. The maximum Gasteiger partial charge on any atom is 0.110 e. The zero-order valence-electron chi connectivity index (χ0n) is 7.70. The molecule has 0 saturated carbocycles. The lowest BCUT2D eigenvalue weighted by Crippen LogP contribution is -1.72. The summed E-state index contributed by atoms with van der Waals surface area (Å²) in [5.74, 6) is 0. The van der Waals surface area contributed by atoms with Crippen LogP contribution < -0.4 is 0 Å². The van der Waals surface area contributed by atoms with Crippen LogP contribution in [0, 0.1) is 0 Å². The van der Waals surface area contributed by atoms with Crippen LogP contribution in [0.15, 0.2) is 40.2 Å². The minimum atomic E-state index is 1.03. The number of nitrogens with zero attached hydrogens (tertiary/aromatic N) is 1. The van der Waals surface area contributed by atoms with Crippen LogP contribution in [0.4, 0.5) is 0 Å². The number of H-pyrrole nitrogens is 1. The van der Waals surface area contributed by atoms with Gasteiger partial charge in [0.2, 0.25) is 0 Å². The van der Waals surface area contributed by atoms with Gasteiger partial charge in [-0.2, -0.15) is 5.10 Å². The third-order valence-electron chi connectivity index (χ3n) is 2.28. The Labute approximate surface area is 99.1 Å². The third kappa shape index (κ3) is 1.50. The number of thiophene rings is 1. The molecule has 0 saturated heterocycles. The van der Waals surface area contributed by atoms with Gasteiger partial charge in [0, 0.05) is 9.86 Å². The molecule has 0 fully saturated rings. The molecule has 0 aliphatic rings. The van der Waals surface area contributed by atoms with E-state index in [4.69, 9.17) is 0 Å². The smallest absolute Gasteiger partial charge is 0.110 e. The van der Waals surface area contributed by atoms with Crippen LogP contribution in [0.2, 0.25) is 0 Å². The first kappa shape index (κ1) is 9.12. The second-order valence-electron chi connectivity index (χ2n) is 3.24. The van der Waals surface area contributed by atoms with Crippen molar-refractivity contribution < 1.29 is 0 Å². The molecule has 0 unspecified atom stereocenters. The van der Waals surface area contributed by atoms with E-state index >= 15 is 0 Å². The van der Waals surface area contributed by atoms with E-state index in [1.54, 1.807) is 11.3 Å². The number of aromatic amines is 1. The Kier molecular flexibility index (Phi) is 2.11. The Bertz CT molecular complexity index is 598. The van der Waals surface area contributed by atoms with Crippen molar-refractivity contribution in [3.05, 3.63) is 40.2 Å². The van der Waals surface area contributed by atoms with Crippen molar-refractivity contribution in [3.8, 4) is 10.6 Å². The van der Waals surface area contributed by atoms with Crippen molar-refractivity contribution in [3.63, 3.8) is 0 Å². The lowest BCUT2D eigenvalue weighted by molar-refractivity contribution is 1.13. The SMILES string of the molecule is Brc1ccc2[nH]nc(-c3cccs3)c2c1. The van der Waals surface area contributed by atoms with Crippen LogP contribution in [0.25, 0.3) is 21.5 Å². The van der Waals surface area contributed by atoms with Crippen molar-refractivity contribution in [2.24, 2.45) is 0 Å². The third-order valence-corrected chi connectivity index (χ3v) is 3.65. The van der Waals surface area contributed by atoms with Gasteiger partial charge in [0.05, 0.1) is 10.4 Å². The number of nitrogens with one attached hydrogen (secondary N) is 1. The van der Waals surface area contributed by atoms with E-state index in [-0.39, 0.29) is 0 Å². The first-order chi connectivity index (χ1) is 7.34. The number of fused-ring (bicyclic) bond motifs is 1. The van der Waals surface area contributed by atoms with E-state index in [9.17, 15) is 0 Å². The molecule has 2 aromatic heterocycles. The summed E-state index contributed by atoms with van der Waals surface area (Å²) in [6, 6.07) is 10.3. The lowest BCUT2D eigenvalue weighted by atomic mass is 10.2. The van der Waals surface area contributed by atoms with Crippen molar-refractivity contribution in [2.75, 3.05) is 0 Å². The number of hydrogen-bond donors (Lipinski definition) is 1. The minimum Gasteiger partial charge on any atom is -0.277 e. The summed E-state index contributed by atoms with van der Waals surface area (Å²) >= 11 is 5.18. The molecule has 0 aliphatic carbocycles. The van der Waals surface area contributed by atoms with Crippen LogP contribution in [0.5, 0.6) is 0 Å². The Morgan fingerprint density at radius 3 is 3.00 bits per heavy atom. The molecule has 3 aromatic rings. The number of aromatic nitrogens is 2. The molecule has 2 heterocycles. The van der Waals surface area contributed by atoms with Gasteiger partial charge in [0.25, 0.3) is 0 Å². The Morgan fingerprint density at radius 2 is 2.20 bits per heavy atom. The summed E-state index contributed by atoms with van der Waals surface area (Å²) in [5.41, 5.74) is 2.10. The average molecular weight is 279 g/mol. The predicted molar refractivity (Wildman–Crippen MR) is 67.1 cm³/mol. The van der Waals surface area contributed by atoms with Crippen LogP contribution in [-0.2, 0) is 0 Å². The normalized spacial score (nSPS) is 11.0. The molecule has 1 aromatic carbocycles. The summed E-state index contributed by atoms with van der Waals surface area (Å²) in [4.78, 5) is 1.19. The van der Waals surface area contributed by atoms with Crippen molar-refractivity contribution in [2.45, 2.75) is 0 Å². The second kappa shape index (κ2) is 3.47. The van der Waals surface area contributed by atoms with Crippen molar-refractivity contribution in [1.82, 2.24) is 10.2 Å². The highest BCUT2D eigenvalue weighted by Crippen LogP contribution is 2.30. The molecule has 4 heteroatoms. The van der Waals surface area contributed by atoms with E-state index in [1.807, 2.05) is 18.2 Å². The molecule has 0 atom stereocenters. The standard InChI is InChI=1S/C11H7BrN2S/c12-7-3-4-9-8(6-7)11(14-13-9)10-2-1-5-15-10/h1-6H,(H,13,14). The first-order valence-electron chi connectivity index (χ1n) is 4.52. The number of benzene rings is 1. The molecule has 0 radical (unpaired) electrons. The predicted octanol–water partition coefficient (Wildman–Crippen LogP) is 4.05. The van der Waals surface area contributed by atoms with Gasteiger partial charge in [0.1, 0.15) is 5.69 Å². The Hall–Kier alpha value is -1.13. The average Bonchev–Trinajstić information content (AvgIpc) is 2.83. The number of hydrogen-bond acceptors (Lipinski definition) is 2. The van der Waals surface area contributed by atoms with E-state index < -0.39 is 0 Å². The van der Waals surface area contributed by atoms with E-state index in [1.165, 1.54) is 4.88 Å². The zero-order chi connectivity index (χ0) is 10.3.